The van der Waals surface area contributed by atoms with E-state index in [1.807, 2.05) is 30.3 Å². The number of hydrogen-bond donors (Lipinski definition) is 2. The lowest BCUT2D eigenvalue weighted by Gasteiger charge is -2.10. The minimum Gasteiger partial charge on any atom is -0.508 e. The Hall–Kier alpha value is -3.02. The number of nitrogens with one attached hydrogen (secondary N) is 1. The van der Waals surface area contributed by atoms with Crippen LogP contribution >= 0.6 is 0 Å². The summed E-state index contributed by atoms with van der Waals surface area (Å²) in [7, 11) is 1.21. The first-order chi connectivity index (χ1) is 10.6. The number of methoxy groups -OCH3 is 1. The zero-order valence-electron chi connectivity index (χ0n) is 11.9. The van der Waals surface area contributed by atoms with Gasteiger partial charge in [-0.1, -0.05) is 30.3 Å². The maximum Gasteiger partial charge on any atom is 0.411 e. The third-order valence-electron chi connectivity index (χ3n) is 2.86. The van der Waals surface area contributed by atoms with E-state index in [-0.39, 0.29) is 23.6 Å². The SMILES string of the molecule is COC(=O)c1cc(O)ccc1NC(=O)OCc1ccccc1. The monoisotopic (exact) mass is 301 g/mol. The molecule has 0 aliphatic carbocycles. The number of benzene rings is 2. The zero-order valence-corrected chi connectivity index (χ0v) is 11.9. The molecule has 0 saturated carbocycles. The predicted octanol–water partition coefficient (Wildman–Crippen LogP) is 2.93. The molecule has 22 heavy (non-hydrogen) atoms. The van der Waals surface area contributed by atoms with Gasteiger partial charge in [0, 0.05) is 0 Å². The summed E-state index contributed by atoms with van der Waals surface area (Å²) in [6.07, 6.45) is -0.709. The number of aromatic hydroxyl groups is 1. The number of rotatable bonds is 4. The van der Waals surface area contributed by atoms with Crippen molar-refractivity contribution in [1.82, 2.24) is 0 Å². The molecular formula is C16H15NO5. The molecule has 0 aliphatic heterocycles. The van der Waals surface area contributed by atoms with Gasteiger partial charge in [0.15, 0.2) is 0 Å². The molecule has 6 nitrogen and oxygen atoms in total. The number of ether oxygens (including phenoxy) is 2. The average molecular weight is 301 g/mol. The minimum atomic E-state index is -0.709. The van der Waals surface area contributed by atoms with Crippen molar-refractivity contribution in [1.29, 1.82) is 0 Å². The van der Waals surface area contributed by atoms with E-state index in [1.54, 1.807) is 0 Å². The van der Waals surface area contributed by atoms with Crippen molar-refractivity contribution >= 4 is 17.7 Å². The molecule has 0 aliphatic rings. The first-order valence-corrected chi connectivity index (χ1v) is 6.49. The van der Waals surface area contributed by atoms with Gasteiger partial charge in [-0.05, 0) is 23.8 Å². The lowest BCUT2D eigenvalue weighted by molar-refractivity contribution is 0.0601. The van der Waals surface area contributed by atoms with Crippen LogP contribution < -0.4 is 5.32 Å². The second-order valence-corrected chi connectivity index (χ2v) is 4.41. The fourth-order valence-electron chi connectivity index (χ4n) is 1.79. The van der Waals surface area contributed by atoms with Crippen LogP contribution in [-0.2, 0) is 16.1 Å². The van der Waals surface area contributed by atoms with Gasteiger partial charge in [-0.15, -0.1) is 0 Å². The summed E-state index contributed by atoms with van der Waals surface area (Å²) in [5.41, 5.74) is 1.08. The lowest BCUT2D eigenvalue weighted by atomic mass is 10.1. The summed E-state index contributed by atoms with van der Waals surface area (Å²) in [6.45, 7) is 0.109. The van der Waals surface area contributed by atoms with Crippen molar-refractivity contribution in [3.05, 3.63) is 59.7 Å². The standard InChI is InChI=1S/C16H15NO5/c1-21-15(19)13-9-12(18)7-8-14(13)17-16(20)22-10-11-5-3-2-4-6-11/h2-9,18H,10H2,1H3,(H,17,20). The molecule has 2 N–H and O–H groups in total. The topological polar surface area (TPSA) is 84.9 Å². The second-order valence-electron chi connectivity index (χ2n) is 4.41. The van der Waals surface area contributed by atoms with Crippen LogP contribution in [0.1, 0.15) is 15.9 Å². The maximum absolute atomic E-state index is 11.8. The van der Waals surface area contributed by atoms with Crippen LogP contribution in [0.4, 0.5) is 10.5 Å². The van der Waals surface area contributed by atoms with Gasteiger partial charge in [0.2, 0.25) is 0 Å². The highest BCUT2D eigenvalue weighted by atomic mass is 16.5. The zero-order chi connectivity index (χ0) is 15.9. The van der Waals surface area contributed by atoms with Gasteiger partial charge < -0.3 is 14.6 Å². The van der Waals surface area contributed by atoms with Crippen LogP contribution in [0, 0.1) is 0 Å². The van der Waals surface area contributed by atoms with Crippen molar-refractivity contribution in [3.63, 3.8) is 0 Å². The molecular weight excluding hydrogens is 286 g/mol. The van der Waals surface area contributed by atoms with Gasteiger partial charge in [-0.3, -0.25) is 5.32 Å². The molecule has 0 unspecified atom stereocenters. The maximum atomic E-state index is 11.8. The molecule has 0 saturated heterocycles. The molecule has 0 bridgehead atoms. The summed E-state index contributed by atoms with van der Waals surface area (Å²) in [5, 5.41) is 11.9. The van der Waals surface area contributed by atoms with Crippen LogP contribution in [0.3, 0.4) is 0 Å². The molecule has 6 heteroatoms. The third kappa shape index (κ3) is 3.99. The number of hydrogen-bond acceptors (Lipinski definition) is 5. The summed E-state index contributed by atoms with van der Waals surface area (Å²) >= 11 is 0. The fourth-order valence-corrected chi connectivity index (χ4v) is 1.79. The number of anilines is 1. The molecule has 2 aromatic rings. The van der Waals surface area contributed by atoms with E-state index in [2.05, 4.69) is 10.1 Å². The third-order valence-corrected chi connectivity index (χ3v) is 2.86. The molecule has 0 spiro atoms. The summed E-state index contributed by atoms with van der Waals surface area (Å²) in [5.74, 6) is -0.780. The number of carbonyl (C=O) groups excluding carboxylic acids is 2. The summed E-state index contributed by atoms with van der Waals surface area (Å²) < 4.78 is 9.67. The molecule has 0 atom stereocenters. The van der Waals surface area contributed by atoms with Crippen molar-refractivity contribution in [2.24, 2.45) is 0 Å². The first kappa shape index (κ1) is 15.4. The minimum absolute atomic E-state index is 0.0409. The Balaban J connectivity index is 2.03. The van der Waals surface area contributed by atoms with Crippen LogP contribution in [0.5, 0.6) is 5.75 Å². The van der Waals surface area contributed by atoms with E-state index >= 15 is 0 Å². The molecule has 0 fully saturated rings. The fraction of sp³-hybridized carbons (Fsp3) is 0.125. The van der Waals surface area contributed by atoms with E-state index in [9.17, 15) is 14.7 Å². The second kappa shape index (κ2) is 7.12. The van der Waals surface area contributed by atoms with Crippen LogP contribution in [0.15, 0.2) is 48.5 Å². The Kier molecular flexibility index (Phi) is 4.98. The van der Waals surface area contributed by atoms with E-state index in [4.69, 9.17) is 4.74 Å². The van der Waals surface area contributed by atoms with Gasteiger partial charge in [-0.2, -0.15) is 0 Å². The molecule has 1 amide bonds. The van der Waals surface area contributed by atoms with Crippen LogP contribution in [0.2, 0.25) is 0 Å². The number of phenolic OH excluding ortho intramolecular Hbond substituents is 1. The number of amides is 1. The van der Waals surface area contributed by atoms with E-state index in [0.29, 0.717) is 0 Å². The van der Waals surface area contributed by atoms with Gasteiger partial charge in [-0.25, -0.2) is 9.59 Å². The van der Waals surface area contributed by atoms with Gasteiger partial charge in [0.05, 0.1) is 18.4 Å². The summed E-state index contributed by atoms with van der Waals surface area (Å²) in [6, 6.07) is 13.1. The van der Waals surface area contributed by atoms with Gasteiger partial charge in [0.25, 0.3) is 0 Å². The van der Waals surface area contributed by atoms with Crippen molar-refractivity contribution in [2.45, 2.75) is 6.61 Å². The number of carbonyl (C=O) groups is 2. The molecule has 114 valence electrons. The summed E-state index contributed by atoms with van der Waals surface area (Å²) in [4.78, 5) is 23.4. The van der Waals surface area contributed by atoms with E-state index in [0.717, 1.165) is 5.56 Å². The van der Waals surface area contributed by atoms with Crippen LogP contribution in [0.25, 0.3) is 0 Å². The molecule has 2 aromatic carbocycles. The molecule has 0 heterocycles. The Morgan fingerprint density at radius 1 is 1.14 bits per heavy atom. The molecule has 0 radical (unpaired) electrons. The quantitative estimate of drug-likeness (QED) is 0.670. The Morgan fingerprint density at radius 2 is 1.86 bits per heavy atom. The predicted molar refractivity (Wildman–Crippen MR) is 79.7 cm³/mol. The Bertz CT molecular complexity index is 669. The van der Waals surface area contributed by atoms with Gasteiger partial charge >= 0.3 is 12.1 Å². The normalized spacial score (nSPS) is 9.86. The van der Waals surface area contributed by atoms with Crippen LogP contribution in [-0.4, -0.2) is 24.3 Å². The first-order valence-electron chi connectivity index (χ1n) is 6.49. The Labute approximate surface area is 127 Å². The number of phenols is 1. The molecule has 2 rings (SSSR count). The molecule has 0 aromatic heterocycles. The average Bonchev–Trinajstić information content (AvgIpc) is 2.55. The smallest absolute Gasteiger partial charge is 0.411 e. The Morgan fingerprint density at radius 3 is 2.55 bits per heavy atom. The van der Waals surface area contributed by atoms with Crippen molar-refractivity contribution < 1.29 is 24.2 Å². The van der Waals surface area contributed by atoms with E-state index < -0.39 is 12.1 Å². The van der Waals surface area contributed by atoms with E-state index in [1.165, 1.54) is 25.3 Å². The highest BCUT2D eigenvalue weighted by molar-refractivity contribution is 6.00. The van der Waals surface area contributed by atoms with Crippen molar-refractivity contribution in [3.8, 4) is 5.75 Å². The largest absolute Gasteiger partial charge is 0.508 e. The van der Waals surface area contributed by atoms with Crippen molar-refractivity contribution in [2.75, 3.05) is 12.4 Å². The highest BCUT2D eigenvalue weighted by Crippen LogP contribution is 2.22. The number of esters is 1. The lowest BCUT2D eigenvalue weighted by Crippen LogP contribution is -2.16. The highest BCUT2D eigenvalue weighted by Gasteiger charge is 2.15. The van der Waals surface area contributed by atoms with Gasteiger partial charge in [0.1, 0.15) is 12.4 Å².